The molecule has 5 rings (SSSR count). The van der Waals surface area contributed by atoms with Crippen LogP contribution >= 0.6 is 0 Å². The Morgan fingerprint density at radius 2 is 1.86 bits per heavy atom. The van der Waals surface area contributed by atoms with Gasteiger partial charge in [0.25, 0.3) is 0 Å². The van der Waals surface area contributed by atoms with Crippen LogP contribution in [0.3, 0.4) is 0 Å². The van der Waals surface area contributed by atoms with Crippen molar-refractivity contribution in [2.45, 2.75) is 13.5 Å². The van der Waals surface area contributed by atoms with E-state index < -0.39 is 10.0 Å². The van der Waals surface area contributed by atoms with Crippen LogP contribution in [0.5, 0.6) is 5.88 Å². The van der Waals surface area contributed by atoms with E-state index in [0.717, 1.165) is 27.1 Å². The topological polar surface area (TPSA) is 126 Å². The lowest BCUT2D eigenvalue weighted by molar-refractivity contribution is 0.279. The summed E-state index contributed by atoms with van der Waals surface area (Å²) < 4.78 is 31.2. The van der Waals surface area contributed by atoms with Crippen molar-refractivity contribution in [3.63, 3.8) is 0 Å². The third-order valence-electron chi connectivity index (χ3n) is 6.19. The number of nitrogens with zero attached hydrogens (tertiary/aromatic N) is 5. The number of hydrogen-bond acceptors (Lipinski definition) is 7. The Balaban J connectivity index is 1.74. The van der Waals surface area contributed by atoms with Crippen molar-refractivity contribution in [1.29, 1.82) is 0 Å². The molecule has 0 fully saturated rings. The molecule has 0 aliphatic carbocycles. The maximum atomic E-state index is 12.4. The molecule has 0 aliphatic rings. The molecule has 0 radical (unpaired) electrons. The molecular weight excluding hydrogens is 480 g/mol. The molecule has 0 saturated carbocycles. The van der Waals surface area contributed by atoms with Crippen molar-refractivity contribution in [1.82, 2.24) is 19.1 Å². The summed E-state index contributed by atoms with van der Waals surface area (Å²) in [5, 5.41) is 21.9. The summed E-state index contributed by atoms with van der Waals surface area (Å²) in [6.07, 6.45) is 3.42. The lowest BCUT2D eigenvalue weighted by Crippen LogP contribution is -2.14. The summed E-state index contributed by atoms with van der Waals surface area (Å²) in [6, 6.07) is 14.7. The molecule has 0 atom stereocenters. The van der Waals surface area contributed by atoms with Gasteiger partial charge in [0.15, 0.2) is 0 Å². The van der Waals surface area contributed by atoms with E-state index in [4.69, 9.17) is 4.98 Å². The molecule has 2 aromatic carbocycles. The highest BCUT2D eigenvalue weighted by molar-refractivity contribution is 7.92. The average molecular weight is 507 g/mol. The van der Waals surface area contributed by atoms with Crippen LogP contribution in [-0.2, 0) is 23.6 Å². The van der Waals surface area contributed by atoms with Gasteiger partial charge in [-0.1, -0.05) is 18.2 Å². The van der Waals surface area contributed by atoms with E-state index in [9.17, 15) is 18.7 Å². The molecular formula is C25H26N6O4S. The number of fused-ring (bicyclic) bond motifs is 2. The molecule has 186 valence electrons. The van der Waals surface area contributed by atoms with E-state index in [2.05, 4.69) is 9.71 Å². The highest BCUT2D eigenvalue weighted by Gasteiger charge is 2.21. The number of aromatic nitrogens is 4. The smallest absolute Gasteiger partial charge is 0.236 e. The average Bonchev–Trinajstić information content (AvgIpc) is 3.38. The molecule has 10 nitrogen and oxygen atoms in total. The summed E-state index contributed by atoms with van der Waals surface area (Å²) in [5.74, 6) is 0.481. The van der Waals surface area contributed by atoms with E-state index in [1.54, 1.807) is 36.9 Å². The van der Waals surface area contributed by atoms with Gasteiger partial charge in [-0.2, -0.15) is 0 Å². The van der Waals surface area contributed by atoms with E-state index >= 15 is 0 Å². The second-order valence-electron chi connectivity index (χ2n) is 8.57. The number of imidazole rings is 1. The Kier molecular flexibility index (Phi) is 5.81. The molecule has 3 N–H and O–H groups in total. The third-order valence-corrected chi connectivity index (χ3v) is 7.48. The number of benzene rings is 2. The van der Waals surface area contributed by atoms with Crippen molar-refractivity contribution >= 4 is 43.3 Å². The quantitative estimate of drug-likeness (QED) is 0.286. The maximum Gasteiger partial charge on any atom is 0.236 e. The normalized spacial score (nSPS) is 11.9. The van der Waals surface area contributed by atoms with Crippen molar-refractivity contribution in [2.24, 2.45) is 7.05 Å². The third kappa shape index (κ3) is 4.12. The number of hydrogen-bond donors (Lipinski definition) is 3. The van der Waals surface area contributed by atoms with Gasteiger partial charge in [-0.3, -0.25) is 15.0 Å². The number of anilines is 2. The minimum absolute atomic E-state index is 0.0573. The van der Waals surface area contributed by atoms with Crippen LogP contribution in [-0.4, -0.2) is 50.6 Å². The Morgan fingerprint density at radius 1 is 1.11 bits per heavy atom. The zero-order valence-corrected chi connectivity index (χ0v) is 20.9. The molecule has 0 saturated heterocycles. The van der Waals surface area contributed by atoms with Crippen molar-refractivity contribution in [3.05, 3.63) is 66.5 Å². The minimum atomic E-state index is -3.51. The van der Waals surface area contributed by atoms with Crippen LogP contribution in [0.4, 0.5) is 11.4 Å². The van der Waals surface area contributed by atoms with Crippen LogP contribution in [0.15, 0.2) is 60.9 Å². The van der Waals surface area contributed by atoms with E-state index in [1.807, 2.05) is 54.2 Å². The van der Waals surface area contributed by atoms with Crippen LogP contribution in [0.1, 0.15) is 12.5 Å². The first-order chi connectivity index (χ1) is 17.2. The zero-order valence-electron chi connectivity index (χ0n) is 20.0. The van der Waals surface area contributed by atoms with Crippen LogP contribution in [0.2, 0.25) is 0 Å². The van der Waals surface area contributed by atoms with E-state index in [1.165, 1.54) is 0 Å². The summed E-state index contributed by atoms with van der Waals surface area (Å²) in [5.41, 5.74) is 4.64. The van der Waals surface area contributed by atoms with Gasteiger partial charge in [0.05, 0.1) is 22.6 Å². The highest BCUT2D eigenvalue weighted by atomic mass is 32.2. The summed E-state index contributed by atoms with van der Waals surface area (Å²) in [7, 11) is -0.133. The molecule has 36 heavy (non-hydrogen) atoms. The van der Waals surface area contributed by atoms with Crippen molar-refractivity contribution < 1.29 is 18.7 Å². The van der Waals surface area contributed by atoms with Gasteiger partial charge in [-0.05, 0) is 42.8 Å². The van der Waals surface area contributed by atoms with Crippen LogP contribution < -0.4 is 9.79 Å². The fourth-order valence-electron chi connectivity index (χ4n) is 4.35. The molecule has 3 aromatic heterocycles. The number of sulfonamides is 1. The number of hydroxylamine groups is 1. The summed E-state index contributed by atoms with van der Waals surface area (Å²) >= 11 is 0. The number of rotatable bonds is 7. The maximum absolute atomic E-state index is 12.4. The molecule has 0 amide bonds. The van der Waals surface area contributed by atoms with E-state index in [0.29, 0.717) is 34.8 Å². The lowest BCUT2D eigenvalue weighted by Gasteiger charge is -2.13. The largest absolute Gasteiger partial charge is 0.492 e. The fourth-order valence-corrected chi connectivity index (χ4v) is 4.99. The van der Waals surface area contributed by atoms with Gasteiger partial charge in [0.2, 0.25) is 15.9 Å². The van der Waals surface area contributed by atoms with Gasteiger partial charge in [-0.15, -0.1) is 0 Å². The lowest BCUT2D eigenvalue weighted by atomic mass is 10.1. The monoisotopic (exact) mass is 506 g/mol. The van der Waals surface area contributed by atoms with Crippen molar-refractivity contribution in [3.8, 4) is 17.3 Å². The Bertz CT molecular complexity index is 1690. The first kappa shape index (κ1) is 23.6. The Labute approximate surface area is 208 Å². The molecule has 5 aromatic rings. The first-order valence-corrected chi connectivity index (χ1v) is 13.0. The van der Waals surface area contributed by atoms with Crippen LogP contribution in [0, 0.1) is 0 Å². The van der Waals surface area contributed by atoms with Gasteiger partial charge in [0, 0.05) is 44.0 Å². The summed E-state index contributed by atoms with van der Waals surface area (Å²) in [6.45, 7) is 2.02. The minimum Gasteiger partial charge on any atom is -0.492 e. The SMILES string of the molecule is CCS(=O)(=O)Nc1cccc2c1nc(-c1cn(C)c3c(O)nccc13)n2Cc1ccc(N(C)O)cc1. The number of aromatic hydroxyl groups is 1. The number of nitrogens with one attached hydrogen (secondary N) is 1. The molecule has 0 unspecified atom stereocenters. The van der Waals surface area contributed by atoms with Gasteiger partial charge in [0.1, 0.15) is 16.9 Å². The molecule has 0 bridgehead atoms. The zero-order chi connectivity index (χ0) is 25.6. The Morgan fingerprint density at radius 3 is 2.56 bits per heavy atom. The van der Waals surface area contributed by atoms with Crippen molar-refractivity contribution in [2.75, 3.05) is 22.6 Å². The summed E-state index contributed by atoms with van der Waals surface area (Å²) in [4.78, 5) is 8.91. The molecule has 0 spiro atoms. The fraction of sp³-hybridized carbons (Fsp3) is 0.200. The van der Waals surface area contributed by atoms with Gasteiger partial charge >= 0.3 is 0 Å². The van der Waals surface area contributed by atoms with Crippen LogP contribution in [0.25, 0.3) is 33.3 Å². The predicted molar refractivity (Wildman–Crippen MR) is 140 cm³/mol. The second kappa shape index (κ2) is 8.85. The van der Waals surface area contributed by atoms with Gasteiger partial charge < -0.3 is 14.2 Å². The molecule has 11 heteroatoms. The number of aryl methyl sites for hydroxylation is 1. The van der Waals surface area contributed by atoms with Gasteiger partial charge in [-0.25, -0.2) is 18.4 Å². The first-order valence-electron chi connectivity index (χ1n) is 11.3. The highest BCUT2D eigenvalue weighted by Crippen LogP contribution is 2.36. The second-order valence-corrected chi connectivity index (χ2v) is 10.6. The Hall–Kier alpha value is -4.09. The standard InChI is InChI=1S/C25H26N6O4S/c1-4-36(34,35)28-20-6-5-7-21-22(20)27-24(19-15-29(2)23-18(19)12-13-26-25(23)32)31(21)14-16-8-10-17(11-9-16)30(3)33/h5-13,15,28,33H,4,14H2,1-3H3,(H,26,32). The number of para-hydroxylation sites is 1. The molecule has 0 aliphatic heterocycles. The number of pyridine rings is 1. The van der Waals surface area contributed by atoms with E-state index in [-0.39, 0.29) is 11.6 Å². The predicted octanol–water partition coefficient (Wildman–Crippen LogP) is 3.93. The molecule has 3 heterocycles.